The van der Waals surface area contributed by atoms with Gasteiger partial charge in [0, 0.05) is 16.0 Å². The number of ether oxygens (including phenoxy) is 1. The van der Waals surface area contributed by atoms with Gasteiger partial charge in [-0.2, -0.15) is 0 Å². The molecule has 1 atom stereocenters. The number of carbonyl (C=O) groups is 2. The molecular weight excluding hydrogens is 462 g/mol. The molecule has 0 saturated heterocycles. The number of rotatable bonds is 8. The van der Waals surface area contributed by atoms with E-state index in [-0.39, 0.29) is 11.7 Å². The molecule has 0 radical (unpaired) electrons. The van der Waals surface area contributed by atoms with Crippen LogP contribution < -0.4 is 16.4 Å². The highest BCUT2D eigenvalue weighted by molar-refractivity contribution is 7.98. The summed E-state index contributed by atoms with van der Waals surface area (Å²) in [4.78, 5) is 26.4. The molecular formula is C27H29N3O4S. The number of nitrogen functional groups attached to an aromatic ring is 1. The minimum absolute atomic E-state index is 0.0963. The van der Waals surface area contributed by atoms with Gasteiger partial charge < -0.3 is 20.9 Å². The average Bonchev–Trinajstić information content (AvgIpc) is 2.84. The molecule has 0 heterocycles. The van der Waals surface area contributed by atoms with E-state index in [9.17, 15) is 14.7 Å². The Hall–Kier alpha value is -3.91. The normalized spacial score (nSPS) is 12.2. The fourth-order valence-electron chi connectivity index (χ4n) is 3.39. The molecule has 7 nitrogen and oxygen atoms in total. The minimum atomic E-state index is -0.781. The van der Waals surface area contributed by atoms with E-state index in [2.05, 4.69) is 10.6 Å². The van der Waals surface area contributed by atoms with Crippen LogP contribution in [0.1, 0.15) is 25.5 Å². The van der Waals surface area contributed by atoms with E-state index in [1.165, 1.54) is 18.2 Å². The van der Waals surface area contributed by atoms with Crippen molar-refractivity contribution in [2.75, 3.05) is 22.6 Å². The van der Waals surface area contributed by atoms with E-state index in [0.717, 1.165) is 4.90 Å². The lowest BCUT2D eigenvalue weighted by atomic mass is 9.82. The third kappa shape index (κ3) is 7.28. The first kappa shape index (κ1) is 25.7. The van der Waals surface area contributed by atoms with Crippen LogP contribution in [0.4, 0.5) is 21.9 Å². The number of hydrogen-bond donors (Lipinski definition) is 4. The summed E-state index contributed by atoms with van der Waals surface area (Å²) in [5.41, 5.74) is 7.35. The van der Waals surface area contributed by atoms with Crippen molar-refractivity contribution in [1.82, 2.24) is 0 Å². The van der Waals surface area contributed by atoms with Crippen molar-refractivity contribution in [1.29, 1.82) is 0 Å². The van der Waals surface area contributed by atoms with Crippen LogP contribution in [-0.2, 0) is 9.53 Å². The van der Waals surface area contributed by atoms with Gasteiger partial charge in [-0.15, -0.1) is 11.8 Å². The zero-order chi connectivity index (χ0) is 25.4. The van der Waals surface area contributed by atoms with Crippen LogP contribution in [-0.4, -0.2) is 23.4 Å². The van der Waals surface area contributed by atoms with Gasteiger partial charge in [-0.1, -0.05) is 44.2 Å². The number of phenolic OH excluding ortho intramolecular Hbond substituents is 1. The second-order valence-corrected chi connectivity index (χ2v) is 9.34. The van der Waals surface area contributed by atoms with E-state index in [1.54, 1.807) is 66.4 Å². The first-order valence-electron chi connectivity index (χ1n) is 10.9. The Morgan fingerprint density at radius 3 is 2.29 bits per heavy atom. The molecule has 5 N–H and O–H groups in total. The van der Waals surface area contributed by atoms with Crippen molar-refractivity contribution in [2.45, 2.75) is 24.8 Å². The second-order valence-electron chi connectivity index (χ2n) is 8.46. The molecule has 0 fully saturated rings. The molecule has 0 aliphatic carbocycles. The lowest BCUT2D eigenvalue weighted by molar-refractivity contribution is -0.112. The lowest BCUT2D eigenvalue weighted by Crippen LogP contribution is -2.28. The molecule has 2 amide bonds. The molecule has 8 heteroatoms. The molecule has 0 bridgehead atoms. The minimum Gasteiger partial charge on any atom is -0.508 e. The van der Waals surface area contributed by atoms with Crippen molar-refractivity contribution in [3.05, 3.63) is 90.5 Å². The van der Waals surface area contributed by atoms with Gasteiger partial charge in [0.15, 0.2) is 0 Å². The van der Waals surface area contributed by atoms with Gasteiger partial charge in [-0.05, 0) is 66.4 Å². The number of benzene rings is 3. The van der Waals surface area contributed by atoms with E-state index in [0.29, 0.717) is 22.6 Å². The number of nitrogens with one attached hydrogen (secondary N) is 2. The topological polar surface area (TPSA) is 114 Å². The van der Waals surface area contributed by atoms with E-state index >= 15 is 0 Å². The van der Waals surface area contributed by atoms with E-state index < -0.39 is 17.6 Å². The van der Waals surface area contributed by atoms with Gasteiger partial charge >= 0.3 is 6.09 Å². The molecule has 3 aromatic rings. The molecule has 0 saturated carbocycles. The van der Waals surface area contributed by atoms with Crippen LogP contribution in [0.2, 0.25) is 0 Å². The maximum absolute atomic E-state index is 12.8. The molecule has 35 heavy (non-hydrogen) atoms. The van der Waals surface area contributed by atoms with Crippen molar-refractivity contribution in [3.63, 3.8) is 0 Å². The maximum atomic E-state index is 12.8. The molecule has 3 aromatic carbocycles. The SMILES string of the molecule is CSc1ccc(NC(=O)O[C@@H](c2ccc(O)cc2)C(C)(C)/C=C/C(=O)Nc2ccccc2N)cc1. The molecule has 0 aliphatic rings. The summed E-state index contributed by atoms with van der Waals surface area (Å²) in [5.74, 6) is -0.266. The molecule has 182 valence electrons. The molecule has 0 aromatic heterocycles. The predicted octanol–water partition coefficient (Wildman–Crippen LogP) is 6.21. The number of thioether (sulfide) groups is 1. The lowest BCUT2D eigenvalue weighted by Gasteiger charge is -2.31. The number of para-hydroxylation sites is 2. The molecule has 0 spiro atoms. The quantitative estimate of drug-likeness (QED) is 0.169. The summed E-state index contributed by atoms with van der Waals surface area (Å²) < 4.78 is 5.83. The number of phenols is 1. The number of nitrogens with two attached hydrogens (primary N) is 1. The van der Waals surface area contributed by atoms with Gasteiger partial charge in [0.05, 0.1) is 11.4 Å². The van der Waals surface area contributed by atoms with Gasteiger partial charge in [0.1, 0.15) is 11.9 Å². The van der Waals surface area contributed by atoms with Crippen LogP contribution in [0.5, 0.6) is 5.75 Å². The molecule has 0 unspecified atom stereocenters. The van der Waals surface area contributed by atoms with Gasteiger partial charge in [0.25, 0.3) is 0 Å². The third-order valence-corrected chi connectivity index (χ3v) is 6.06. The first-order chi connectivity index (χ1) is 16.7. The largest absolute Gasteiger partial charge is 0.508 e. The summed E-state index contributed by atoms with van der Waals surface area (Å²) in [6.45, 7) is 3.71. The van der Waals surface area contributed by atoms with Gasteiger partial charge in [-0.3, -0.25) is 10.1 Å². The van der Waals surface area contributed by atoms with Crippen molar-refractivity contribution < 1.29 is 19.4 Å². The fraction of sp³-hybridized carbons (Fsp3) is 0.185. The summed E-state index contributed by atoms with van der Waals surface area (Å²) in [6, 6.07) is 20.8. The number of aromatic hydroxyl groups is 1. The van der Waals surface area contributed by atoms with Gasteiger partial charge in [0.2, 0.25) is 5.91 Å². The highest BCUT2D eigenvalue weighted by atomic mass is 32.2. The molecule has 0 aliphatic heterocycles. The number of anilines is 3. The van der Waals surface area contributed by atoms with Gasteiger partial charge in [-0.25, -0.2) is 4.79 Å². The van der Waals surface area contributed by atoms with Crippen molar-refractivity contribution >= 4 is 40.8 Å². The molecule has 3 rings (SSSR count). The average molecular weight is 492 g/mol. The first-order valence-corrected chi connectivity index (χ1v) is 12.2. The Kier molecular flexibility index (Phi) is 8.43. The van der Waals surface area contributed by atoms with Crippen molar-refractivity contribution in [2.24, 2.45) is 5.41 Å². The Bertz CT molecular complexity index is 1190. The predicted molar refractivity (Wildman–Crippen MR) is 142 cm³/mol. The zero-order valence-electron chi connectivity index (χ0n) is 19.8. The monoisotopic (exact) mass is 491 g/mol. The number of hydrogen-bond acceptors (Lipinski definition) is 6. The maximum Gasteiger partial charge on any atom is 0.412 e. The summed E-state index contributed by atoms with van der Waals surface area (Å²) in [5, 5.41) is 15.2. The Morgan fingerprint density at radius 1 is 1.00 bits per heavy atom. The van der Waals surface area contributed by atoms with Crippen LogP contribution >= 0.6 is 11.8 Å². The number of carbonyl (C=O) groups excluding carboxylic acids is 2. The zero-order valence-corrected chi connectivity index (χ0v) is 20.6. The highest BCUT2D eigenvalue weighted by Gasteiger charge is 2.32. The van der Waals surface area contributed by atoms with E-state index in [4.69, 9.17) is 10.5 Å². The Balaban J connectivity index is 1.78. The Labute approximate surface area is 209 Å². The second kappa shape index (κ2) is 11.5. The third-order valence-electron chi connectivity index (χ3n) is 5.32. The summed E-state index contributed by atoms with van der Waals surface area (Å²) in [7, 11) is 0. The standard InChI is InChI=1S/C27H29N3O4S/c1-27(2,17-16-24(32)30-23-7-5-4-6-22(23)28)25(18-8-12-20(31)13-9-18)34-26(33)29-19-10-14-21(35-3)15-11-19/h4-17,25,31H,28H2,1-3H3,(H,29,33)(H,30,32)/b17-16+/t25-/m0/s1. The highest BCUT2D eigenvalue weighted by Crippen LogP contribution is 2.39. The van der Waals surface area contributed by atoms with Crippen LogP contribution in [0.3, 0.4) is 0 Å². The van der Waals surface area contributed by atoms with Crippen LogP contribution in [0.15, 0.2) is 89.8 Å². The van der Waals surface area contributed by atoms with Crippen molar-refractivity contribution in [3.8, 4) is 5.75 Å². The summed E-state index contributed by atoms with van der Waals surface area (Å²) in [6.07, 6.45) is 3.66. The summed E-state index contributed by atoms with van der Waals surface area (Å²) >= 11 is 1.61. The fourth-order valence-corrected chi connectivity index (χ4v) is 3.80. The smallest absolute Gasteiger partial charge is 0.412 e. The van der Waals surface area contributed by atoms with Crippen LogP contribution in [0, 0.1) is 5.41 Å². The number of amides is 2. The van der Waals surface area contributed by atoms with Crippen LogP contribution in [0.25, 0.3) is 0 Å². The Morgan fingerprint density at radius 2 is 1.66 bits per heavy atom. The van der Waals surface area contributed by atoms with E-state index in [1.807, 2.05) is 32.2 Å².